The van der Waals surface area contributed by atoms with E-state index in [1.54, 1.807) is 18.2 Å². The summed E-state index contributed by atoms with van der Waals surface area (Å²) in [5, 5.41) is 0. The molecule has 0 aliphatic rings. The summed E-state index contributed by atoms with van der Waals surface area (Å²) in [6.07, 6.45) is -4.71. The van der Waals surface area contributed by atoms with Gasteiger partial charge in [0, 0.05) is 11.3 Å². The van der Waals surface area contributed by atoms with Gasteiger partial charge in [-0.2, -0.15) is 0 Å². The van der Waals surface area contributed by atoms with Crippen LogP contribution in [0.5, 0.6) is 11.5 Å². The van der Waals surface area contributed by atoms with Gasteiger partial charge < -0.3 is 15.2 Å². The van der Waals surface area contributed by atoms with Crippen molar-refractivity contribution in [2.75, 3.05) is 5.73 Å². The quantitative estimate of drug-likeness (QED) is 0.807. The average Bonchev–Trinajstić information content (AvgIpc) is 2.38. The zero-order valence-electron chi connectivity index (χ0n) is 13.1. The van der Waals surface area contributed by atoms with E-state index in [4.69, 9.17) is 10.5 Å². The minimum Gasteiger partial charge on any atom is -0.488 e. The number of nitrogens with two attached hydrogens (primary N) is 1. The zero-order chi connectivity index (χ0) is 17.3. The van der Waals surface area contributed by atoms with Gasteiger partial charge in [0.05, 0.1) is 0 Å². The van der Waals surface area contributed by atoms with Crippen molar-refractivity contribution in [3.05, 3.63) is 42.5 Å². The van der Waals surface area contributed by atoms with Crippen LogP contribution in [0.15, 0.2) is 42.5 Å². The van der Waals surface area contributed by atoms with Crippen molar-refractivity contribution in [1.82, 2.24) is 0 Å². The van der Waals surface area contributed by atoms with Crippen molar-refractivity contribution < 1.29 is 22.6 Å². The van der Waals surface area contributed by atoms with E-state index in [2.05, 4.69) is 4.74 Å². The van der Waals surface area contributed by atoms with E-state index in [9.17, 15) is 13.2 Å². The summed E-state index contributed by atoms with van der Waals surface area (Å²) in [6, 6.07) is 10.8. The summed E-state index contributed by atoms with van der Waals surface area (Å²) in [6.45, 7) is 5.73. The first-order chi connectivity index (χ1) is 10.5. The fraction of sp³-hybridized carbons (Fsp3) is 0.294. The van der Waals surface area contributed by atoms with E-state index in [0.717, 1.165) is 0 Å². The summed E-state index contributed by atoms with van der Waals surface area (Å²) in [7, 11) is 0. The van der Waals surface area contributed by atoms with E-state index in [1.807, 2.05) is 20.8 Å². The molecule has 0 aliphatic heterocycles. The van der Waals surface area contributed by atoms with Crippen LogP contribution < -0.4 is 15.2 Å². The highest BCUT2D eigenvalue weighted by molar-refractivity contribution is 5.74. The number of hydrogen-bond donors (Lipinski definition) is 1. The first-order valence-corrected chi connectivity index (χ1v) is 6.98. The largest absolute Gasteiger partial charge is 0.573 e. The van der Waals surface area contributed by atoms with Gasteiger partial charge in [-0.15, -0.1) is 13.2 Å². The monoisotopic (exact) mass is 325 g/mol. The van der Waals surface area contributed by atoms with Gasteiger partial charge >= 0.3 is 6.36 Å². The molecular formula is C17H18F3NO2. The highest BCUT2D eigenvalue weighted by atomic mass is 19.4. The molecule has 0 radical (unpaired) electrons. The molecule has 2 rings (SSSR count). The molecule has 0 saturated heterocycles. The third-order valence-corrected chi connectivity index (χ3v) is 2.82. The summed E-state index contributed by atoms with van der Waals surface area (Å²) < 4.78 is 46.4. The van der Waals surface area contributed by atoms with Gasteiger partial charge in [-0.25, -0.2) is 0 Å². The van der Waals surface area contributed by atoms with Crippen LogP contribution in [-0.2, 0) is 0 Å². The van der Waals surface area contributed by atoms with E-state index in [-0.39, 0.29) is 5.75 Å². The van der Waals surface area contributed by atoms with Gasteiger partial charge in [-0.05, 0) is 56.7 Å². The number of anilines is 1. The molecule has 0 fully saturated rings. The van der Waals surface area contributed by atoms with E-state index < -0.39 is 12.0 Å². The van der Waals surface area contributed by atoms with Crippen LogP contribution in [0.25, 0.3) is 11.1 Å². The van der Waals surface area contributed by atoms with Crippen molar-refractivity contribution in [1.29, 1.82) is 0 Å². The molecule has 3 nitrogen and oxygen atoms in total. The minimum atomic E-state index is -4.71. The van der Waals surface area contributed by atoms with Gasteiger partial charge in [0.2, 0.25) is 0 Å². The maximum absolute atomic E-state index is 12.2. The fourth-order valence-corrected chi connectivity index (χ4v) is 2.03. The molecule has 0 bridgehead atoms. The third-order valence-electron chi connectivity index (χ3n) is 2.82. The Morgan fingerprint density at radius 3 is 2.00 bits per heavy atom. The number of nitrogen functional groups attached to an aromatic ring is 1. The van der Waals surface area contributed by atoms with Crippen molar-refractivity contribution in [2.45, 2.75) is 32.7 Å². The second kappa shape index (κ2) is 6.02. The predicted octanol–water partition coefficient (Wildman–Crippen LogP) is 5.01. The maximum Gasteiger partial charge on any atom is 0.573 e. The normalized spacial score (nSPS) is 12.1. The number of hydrogen-bond acceptors (Lipinski definition) is 3. The molecule has 6 heteroatoms. The summed E-state index contributed by atoms with van der Waals surface area (Å²) >= 11 is 0. The van der Waals surface area contributed by atoms with Crippen LogP contribution in [-0.4, -0.2) is 12.0 Å². The number of alkyl halides is 3. The second-order valence-electron chi connectivity index (χ2n) is 6.04. The molecule has 2 aromatic rings. The first kappa shape index (κ1) is 17.0. The van der Waals surface area contributed by atoms with E-state index in [1.165, 1.54) is 24.3 Å². The standard InChI is InChI=1S/C17H18F3NO2/c1-16(2,3)23-15-9-6-12(21)10-14(15)11-4-7-13(8-5-11)22-17(18,19)20/h4-10H,21H2,1-3H3. The Bertz CT molecular complexity index is 674. The minimum absolute atomic E-state index is 0.275. The Morgan fingerprint density at radius 1 is 0.870 bits per heavy atom. The van der Waals surface area contributed by atoms with Gasteiger partial charge in [0.15, 0.2) is 0 Å². The molecule has 0 saturated carbocycles. The Hall–Kier alpha value is -2.37. The lowest BCUT2D eigenvalue weighted by Gasteiger charge is -2.23. The van der Waals surface area contributed by atoms with Crippen LogP contribution in [0, 0.1) is 0 Å². The van der Waals surface area contributed by atoms with Gasteiger partial charge in [-0.1, -0.05) is 12.1 Å². The molecule has 2 N–H and O–H groups in total. The van der Waals surface area contributed by atoms with Crippen molar-refractivity contribution in [3.63, 3.8) is 0 Å². The maximum atomic E-state index is 12.2. The lowest BCUT2D eigenvalue weighted by molar-refractivity contribution is -0.274. The Labute approximate surface area is 132 Å². The second-order valence-corrected chi connectivity index (χ2v) is 6.04. The molecule has 0 aliphatic carbocycles. The molecule has 0 spiro atoms. The third kappa shape index (κ3) is 5.09. The molecule has 124 valence electrons. The SMILES string of the molecule is CC(C)(C)Oc1ccc(N)cc1-c1ccc(OC(F)(F)F)cc1. The molecule has 2 aromatic carbocycles. The van der Waals surface area contributed by atoms with Gasteiger partial charge in [-0.3, -0.25) is 0 Å². The van der Waals surface area contributed by atoms with E-state index in [0.29, 0.717) is 22.6 Å². The van der Waals surface area contributed by atoms with Crippen LogP contribution in [0.1, 0.15) is 20.8 Å². The van der Waals surface area contributed by atoms with Crippen LogP contribution >= 0.6 is 0 Å². The van der Waals surface area contributed by atoms with Crippen molar-refractivity contribution in [3.8, 4) is 22.6 Å². The van der Waals surface area contributed by atoms with Crippen molar-refractivity contribution in [2.24, 2.45) is 0 Å². The predicted molar refractivity (Wildman–Crippen MR) is 83.4 cm³/mol. The lowest BCUT2D eigenvalue weighted by Crippen LogP contribution is -2.23. The zero-order valence-corrected chi connectivity index (χ0v) is 13.1. The summed E-state index contributed by atoms with van der Waals surface area (Å²) in [5.74, 6) is 0.333. The molecule has 23 heavy (non-hydrogen) atoms. The number of ether oxygens (including phenoxy) is 2. The smallest absolute Gasteiger partial charge is 0.488 e. The molecule has 0 aromatic heterocycles. The van der Waals surface area contributed by atoms with Crippen LogP contribution in [0.2, 0.25) is 0 Å². The first-order valence-electron chi connectivity index (χ1n) is 6.98. The van der Waals surface area contributed by atoms with Crippen LogP contribution in [0.3, 0.4) is 0 Å². The lowest BCUT2D eigenvalue weighted by atomic mass is 10.0. The average molecular weight is 325 g/mol. The Balaban J connectivity index is 2.35. The van der Waals surface area contributed by atoms with Crippen molar-refractivity contribution >= 4 is 5.69 Å². The Kier molecular flexibility index (Phi) is 4.45. The number of rotatable bonds is 3. The van der Waals surface area contributed by atoms with Gasteiger partial charge in [0.1, 0.15) is 17.1 Å². The van der Waals surface area contributed by atoms with Gasteiger partial charge in [0.25, 0.3) is 0 Å². The Morgan fingerprint density at radius 2 is 1.48 bits per heavy atom. The molecule has 0 atom stereocenters. The highest BCUT2D eigenvalue weighted by Gasteiger charge is 2.31. The molecule has 0 unspecified atom stereocenters. The summed E-state index contributed by atoms with van der Waals surface area (Å²) in [5.41, 5.74) is 7.33. The summed E-state index contributed by atoms with van der Waals surface area (Å²) in [4.78, 5) is 0. The topological polar surface area (TPSA) is 44.5 Å². The molecule has 0 amide bonds. The highest BCUT2D eigenvalue weighted by Crippen LogP contribution is 2.35. The molecular weight excluding hydrogens is 307 g/mol. The van der Waals surface area contributed by atoms with Crippen LogP contribution in [0.4, 0.5) is 18.9 Å². The van der Waals surface area contributed by atoms with E-state index >= 15 is 0 Å². The fourth-order valence-electron chi connectivity index (χ4n) is 2.03. The molecule has 0 heterocycles. The number of benzene rings is 2. The number of halogens is 3.